The number of ether oxygens (including phenoxy) is 1. The third-order valence-corrected chi connectivity index (χ3v) is 2.66. The van der Waals surface area contributed by atoms with Crippen LogP contribution in [0.4, 0.5) is 9.18 Å². The van der Waals surface area contributed by atoms with Crippen LogP contribution in [-0.4, -0.2) is 31.4 Å². The number of hydrogen-bond donors (Lipinski definition) is 2. The van der Waals surface area contributed by atoms with E-state index < -0.39 is 18.3 Å². The number of carbonyl (C=O) groups excluding carboxylic acids is 1. The summed E-state index contributed by atoms with van der Waals surface area (Å²) in [4.78, 5) is 11.4. The maximum Gasteiger partial charge on any atom is 0.407 e. The lowest BCUT2D eigenvalue weighted by molar-refractivity contribution is 0.132. The maximum atomic E-state index is 13.2. The molecule has 0 saturated carbocycles. The molecule has 1 amide bonds. The van der Waals surface area contributed by atoms with Gasteiger partial charge >= 0.3 is 6.09 Å². The summed E-state index contributed by atoms with van der Waals surface area (Å²) in [5, 5.41) is 5.36. The molecule has 1 aromatic carbocycles. The van der Waals surface area contributed by atoms with Crippen molar-refractivity contribution in [1.29, 1.82) is 0 Å². The van der Waals surface area contributed by atoms with Crippen LogP contribution in [0, 0.1) is 0 Å². The first kappa shape index (κ1) is 14.7. The normalized spacial score (nSPS) is 22.1. The fourth-order valence-electron chi connectivity index (χ4n) is 1.70. The van der Waals surface area contributed by atoms with Gasteiger partial charge in [0.1, 0.15) is 12.8 Å². The molecule has 0 bridgehead atoms. The van der Waals surface area contributed by atoms with Crippen LogP contribution in [-0.2, 0) is 11.3 Å². The number of alkyl carbamates (subject to hydrolysis) is 1. The Bertz CT molecular complexity index is 378. The Balaban J connectivity index is 0.00000162. The van der Waals surface area contributed by atoms with Crippen molar-refractivity contribution in [2.45, 2.75) is 18.8 Å². The average molecular weight is 275 g/mol. The molecule has 0 unspecified atom stereocenters. The molecule has 6 heteroatoms. The Morgan fingerprint density at radius 2 is 2.11 bits per heavy atom. The number of hydrogen-bond acceptors (Lipinski definition) is 3. The van der Waals surface area contributed by atoms with E-state index in [9.17, 15) is 9.18 Å². The zero-order chi connectivity index (χ0) is 12.1. The summed E-state index contributed by atoms with van der Waals surface area (Å²) in [5.74, 6) is 0. The van der Waals surface area contributed by atoms with Crippen molar-refractivity contribution in [2.24, 2.45) is 0 Å². The Kier molecular flexibility index (Phi) is 5.88. The second-order valence-electron chi connectivity index (χ2n) is 3.99. The largest absolute Gasteiger partial charge is 0.445 e. The van der Waals surface area contributed by atoms with Gasteiger partial charge in [0.25, 0.3) is 0 Å². The van der Waals surface area contributed by atoms with Gasteiger partial charge in [-0.2, -0.15) is 0 Å². The van der Waals surface area contributed by atoms with E-state index >= 15 is 0 Å². The molecule has 1 heterocycles. The predicted octanol–water partition coefficient (Wildman–Crippen LogP) is 1.64. The van der Waals surface area contributed by atoms with Crippen LogP contribution < -0.4 is 10.6 Å². The highest BCUT2D eigenvalue weighted by molar-refractivity contribution is 5.85. The molecular weight excluding hydrogens is 259 g/mol. The second-order valence-corrected chi connectivity index (χ2v) is 3.99. The van der Waals surface area contributed by atoms with Crippen molar-refractivity contribution in [3.63, 3.8) is 0 Å². The lowest BCUT2D eigenvalue weighted by Gasteiger charge is -2.13. The van der Waals surface area contributed by atoms with Crippen LogP contribution in [0.5, 0.6) is 0 Å². The molecule has 0 radical (unpaired) electrons. The fraction of sp³-hybridized carbons (Fsp3) is 0.417. The zero-order valence-corrected chi connectivity index (χ0v) is 10.6. The molecule has 1 fully saturated rings. The summed E-state index contributed by atoms with van der Waals surface area (Å²) in [6, 6.07) is 8.87. The number of halogens is 2. The highest BCUT2D eigenvalue weighted by Gasteiger charge is 2.28. The van der Waals surface area contributed by atoms with E-state index in [4.69, 9.17) is 4.74 Å². The van der Waals surface area contributed by atoms with Crippen molar-refractivity contribution < 1.29 is 13.9 Å². The summed E-state index contributed by atoms with van der Waals surface area (Å²) in [7, 11) is 0. The first-order valence-corrected chi connectivity index (χ1v) is 5.57. The van der Waals surface area contributed by atoms with Crippen molar-refractivity contribution >= 4 is 18.5 Å². The molecule has 100 valence electrons. The van der Waals surface area contributed by atoms with Crippen molar-refractivity contribution in [3.05, 3.63) is 35.9 Å². The van der Waals surface area contributed by atoms with E-state index in [2.05, 4.69) is 10.6 Å². The van der Waals surface area contributed by atoms with Gasteiger partial charge in [0.15, 0.2) is 0 Å². The monoisotopic (exact) mass is 274 g/mol. The fourth-order valence-corrected chi connectivity index (χ4v) is 1.70. The Morgan fingerprint density at radius 3 is 2.72 bits per heavy atom. The maximum absolute atomic E-state index is 13.2. The zero-order valence-electron chi connectivity index (χ0n) is 9.77. The van der Waals surface area contributed by atoms with Crippen LogP contribution in [0.15, 0.2) is 30.3 Å². The molecule has 2 N–H and O–H groups in total. The van der Waals surface area contributed by atoms with Crippen LogP contribution in [0.25, 0.3) is 0 Å². The molecule has 1 aliphatic heterocycles. The third-order valence-electron chi connectivity index (χ3n) is 2.66. The van der Waals surface area contributed by atoms with Gasteiger partial charge in [-0.15, -0.1) is 12.4 Å². The van der Waals surface area contributed by atoms with E-state index in [0.717, 1.165) is 5.56 Å². The molecule has 18 heavy (non-hydrogen) atoms. The topological polar surface area (TPSA) is 50.4 Å². The number of alkyl halides is 1. The minimum atomic E-state index is -1.04. The van der Waals surface area contributed by atoms with E-state index in [1.54, 1.807) is 0 Å². The highest BCUT2D eigenvalue weighted by atomic mass is 35.5. The van der Waals surface area contributed by atoms with Gasteiger partial charge in [-0.1, -0.05) is 30.3 Å². The lowest BCUT2D eigenvalue weighted by atomic mass is 10.2. The van der Waals surface area contributed by atoms with Crippen LogP contribution >= 0.6 is 12.4 Å². The average Bonchev–Trinajstić information content (AvgIpc) is 2.74. The Labute approximate surface area is 111 Å². The molecule has 1 saturated heterocycles. The van der Waals surface area contributed by atoms with Gasteiger partial charge in [-0.3, -0.25) is 0 Å². The Morgan fingerprint density at radius 1 is 1.39 bits per heavy atom. The third kappa shape index (κ3) is 4.16. The van der Waals surface area contributed by atoms with Crippen molar-refractivity contribution in [2.75, 3.05) is 13.1 Å². The summed E-state index contributed by atoms with van der Waals surface area (Å²) in [6.45, 7) is 0.926. The molecule has 1 aromatic rings. The number of amides is 1. The van der Waals surface area contributed by atoms with Crippen LogP contribution in [0.2, 0.25) is 0 Å². The second kappa shape index (κ2) is 7.18. The van der Waals surface area contributed by atoms with Gasteiger partial charge in [0, 0.05) is 13.1 Å². The quantitative estimate of drug-likeness (QED) is 0.881. The minimum Gasteiger partial charge on any atom is -0.445 e. The van der Waals surface area contributed by atoms with E-state index in [1.807, 2.05) is 30.3 Å². The first-order chi connectivity index (χ1) is 8.25. The number of rotatable bonds is 3. The predicted molar refractivity (Wildman–Crippen MR) is 68.6 cm³/mol. The molecule has 0 spiro atoms. The molecule has 0 aliphatic carbocycles. The number of nitrogens with one attached hydrogen (secondary N) is 2. The van der Waals surface area contributed by atoms with E-state index in [-0.39, 0.29) is 25.6 Å². The number of carbonyl (C=O) groups is 1. The van der Waals surface area contributed by atoms with Gasteiger partial charge in [0.05, 0.1) is 6.04 Å². The van der Waals surface area contributed by atoms with Gasteiger partial charge in [-0.25, -0.2) is 9.18 Å². The Hall–Kier alpha value is -1.33. The van der Waals surface area contributed by atoms with Crippen molar-refractivity contribution in [1.82, 2.24) is 10.6 Å². The summed E-state index contributed by atoms with van der Waals surface area (Å²) in [5.41, 5.74) is 0.906. The smallest absolute Gasteiger partial charge is 0.407 e. The van der Waals surface area contributed by atoms with Crippen molar-refractivity contribution in [3.8, 4) is 0 Å². The summed E-state index contributed by atoms with van der Waals surface area (Å²) < 4.78 is 18.2. The summed E-state index contributed by atoms with van der Waals surface area (Å²) >= 11 is 0. The SMILES string of the molecule is Cl.O=C(N[C@H]1CNC[C@H]1F)OCc1ccccc1. The molecular formula is C12H16ClFN2O2. The molecule has 0 aromatic heterocycles. The molecule has 2 rings (SSSR count). The summed E-state index contributed by atoms with van der Waals surface area (Å²) in [6.07, 6.45) is -1.62. The highest BCUT2D eigenvalue weighted by Crippen LogP contribution is 2.05. The first-order valence-electron chi connectivity index (χ1n) is 5.57. The van der Waals surface area contributed by atoms with E-state index in [1.165, 1.54) is 0 Å². The van der Waals surface area contributed by atoms with Gasteiger partial charge < -0.3 is 15.4 Å². The molecule has 2 atom stereocenters. The minimum absolute atomic E-state index is 0. The molecule has 4 nitrogen and oxygen atoms in total. The van der Waals surface area contributed by atoms with Gasteiger partial charge in [0.2, 0.25) is 0 Å². The molecule has 1 aliphatic rings. The lowest BCUT2D eigenvalue weighted by Crippen LogP contribution is -2.41. The van der Waals surface area contributed by atoms with Crippen LogP contribution in [0.1, 0.15) is 5.56 Å². The van der Waals surface area contributed by atoms with E-state index in [0.29, 0.717) is 6.54 Å². The standard InChI is InChI=1S/C12H15FN2O2.ClH/c13-10-6-14-7-11(10)15-12(16)17-8-9-4-2-1-3-5-9;/h1-5,10-11,14H,6-8H2,(H,15,16);1H/t10-,11+;/m1./s1. The van der Waals surface area contributed by atoms with Gasteiger partial charge in [-0.05, 0) is 5.56 Å². The number of benzene rings is 1. The van der Waals surface area contributed by atoms with Crippen LogP contribution in [0.3, 0.4) is 0 Å².